The Morgan fingerprint density at radius 2 is 2.16 bits per heavy atom. The number of ether oxygens (including phenoxy) is 1. The van der Waals surface area contributed by atoms with E-state index in [1.807, 2.05) is 11.8 Å². The number of nitrogens with zero attached hydrogens (tertiary/aromatic N) is 2. The minimum atomic E-state index is -0.137. The Kier molecular flexibility index (Phi) is 10.1. The largest absolute Gasteiger partial charge is 0.373 e. The Balaban J connectivity index is 0.00000312. The van der Waals surface area contributed by atoms with Crippen LogP contribution in [-0.2, 0) is 9.53 Å². The van der Waals surface area contributed by atoms with Crippen molar-refractivity contribution >= 4 is 35.8 Å². The van der Waals surface area contributed by atoms with Gasteiger partial charge in [0.15, 0.2) is 5.96 Å². The number of hydrogen-bond donors (Lipinski definition) is 2. The van der Waals surface area contributed by atoms with E-state index in [1.165, 1.54) is 6.42 Å². The predicted molar refractivity (Wildman–Crippen MR) is 113 cm³/mol. The van der Waals surface area contributed by atoms with Crippen LogP contribution < -0.4 is 10.6 Å². The maximum atomic E-state index is 12.3. The molecule has 2 N–H and O–H groups in total. The fourth-order valence-corrected chi connectivity index (χ4v) is 3.41. The lowest BCUT2D eigenvalue weighted by molar-refractivity contribution is -0.132. The monoisotopic (exact) mass is 466 g/mol. The second-order valence-electron chi connectivity index (χ2n) is 7.36. The lowest BCUT2D eigenvalue weighted by atomic mass is 10.00. The summed E-state index contributed by atoms with van der Waals surface area (Å²) in [5, 5.41) is 6.52. The second-order valence-corrected chi connectivity index (χ2v) is 7.36. The summed E-state index contributed by atoms with van der Waals surface area (Å²) in [6.07, 6.45) is 5.05. The fraction of sp³-hybridized carbons (Fsp3) is 0.889. The van der Waals surface area contributed by atoms with Crippen molar-refractivity contribution in [3.8, 4) is 0 Å². The first-order valence-electron chi connectivity index (χ1n) is 9.46. The molecule has 25 heavy (non-hydrogen) atoms. The SMILES string of the molecule is CCNC(=NCC1(C)CCCO1)NCCC(=O)N1CCCC(C)C1.I. The average molecular weight is 466 g/mol. The summed E-state index contributed by atoms with van der Waals surface area (Å²) in [5.41, 5.74) is -0.137. The molecule has 2 unspecified atom stereocenters. The van der Waals surface area contributed by atoms with Crippen LogP contribution in [0.1, 0.15) is 52.9 Å². The Morgan fingerprint density at radius 3 is 2.80 bits per heavy atom. The molecule has 0 spiro atoms. The van der Waals surface area contributed by atoms with Crippen molar-refractivity contribution in [1.29, 1.82) is 0 Å². The van der Waals surface area contributed by atoms with Crippen LogP contribution in [0.5, 0.6) is 0 Å². The van der Waals surface area contributed by atoms with Gasteiger partial charge >= 0.3 is 0 Å². The first-order valence-corrected chi connectivity index (χ1v) is 9.46. The highest BCUT2D eigenvalue weighted by molar-refractivity contribution is 14.0. The van der Waals surface area contributed by atoms with E-state index < -0.39 is 0 Å². The zero-order valence-electron chi connectivity index (χ0n) is 16.0. The quantitative estimate of drug-likeness (QED) is 0.359. The molecule has 2 fully saturated rings. The van der Waals surface area contributed by atoms with Crippen LogP contribution in [0.3, 0.4) is 0 Å². The molecule has 2 heterocycles. The number of rotatable bonds is 6. The van der Waals surface area contributed by atoms with Crippen molar-refractivity contribution in [3.05, 3.63) is 0 Å². The minimum absolute atomic E-state index is 0. The highest BCUT2D eigenvalue weighted by Gasteiger charge is 2.29. The van der Waals surface area contributed by atoms with Gasteiger partial charge in [0.05, 0.1) is 12.1 Å². The van der Waals surface area contributed by atoms with Gasteiger partial charge in [-0.15, -0.1) is 24.0 Å². The molecule has 0 aromatic rings. The topological polar surface area (TPSA) is 66.0 Å². The molecule has 7 heteroatoms. The maximum Gasteiger partial charge on any atom is 0.224 e. The summed E-state index contributed by atoms with van der Waals surface area (Å²) >= 11 is 0. The van der Waals surface area contributed by atoms with E-state index >= 15 is 0 Å². The molecule has 2 aliphatic rings. The highest BCUT2D eigenvalue weighted by atomic mass is 127. The molecule has 0 aromatic carbocycles. The van der Waals surface area contributed by atoms with Crippen LogP contribution in [0, 0.1) is 5.92 Å². The number of aliphatic imine (C=N–C) groups is 1. The molecule has 2 rings (SSSR count). The summed E-state index contributed by atoms with van der Waals surface area (Å²) in [7, 11) is 0. The van der Waals surface area contributed by atoms with Crippen LogP contribution in [0.4, 0.5) is 0 Å². The zero-order valence-corrected chi connectivity index (χ0v) is 18.3. The highest BCUT2D eigenvalue weighted by Crippen LogP contribution is 2.25. The normalized spacial score (nSPS) is 26.9. The van der Waals surface area contributed by atoms with E-state index in [4.69, 9.17) is 4.74 Å². The molecule has 6 nitrogen and oxygen atoms in total. The van der Waals surface area contributed by atoms with E-state index in [2.05, 4.69) is 29.5 Å². The molecule has 2 atom stereocenters. The predicted octanol–water partition coefficient (Wildman–Crippen LogP) is 2.38. The third-order valence-electron chi connectivity index (χ3n) is 4.86. The van der Waals surface area contributed by atoms with Gasteiger partial charge in [-0.1, -0.05) is 6.92 Å². The van der Waals surface area contributed by atoms with Crippen molar-refractivity contribution in [2.45, 2.75) is 58.5 Å². The maximum absolute atomic E-state index is 12.3. The fourth-order valence-electron chi connectivity index (χ4n) is 3.41. The Bertz CT molecular complexity index is 439. The molecule has 1 amide bonds. The van der Waals surface area contributed by atoms with Crippen molar-refractivity contribution in [1.82, 2.24) is 15.5 Å². The van der Waals surface area contributed by atoms with Crippen LogP contribution in [-0.4, -0.2) is 61.7 Å². The van der Waals surface area contributed by atoms with E-state index in [-0.39, 0.29) is 35.5 Å². The standard InChI is InChI=1S/C18H34N4O2.HI/c1-4-19-17(21-14-18(3)9-6-12-24-18)20-10-8-16(23)22-11-5-7-15(2)13-22;/h15H,4-14H2,1-3H3,(H2,19,20,21);1H. The van der Waals surface area contributed by atoms with Gasteiger partial charge < -0.3 is 20.3 Å². The second kappa shape index (κ2) is 11.2. The molecular weight excluding hydrogens is 431 g/mol. The average Bonchev–Trinajstić information content (AvgIpc) is 2.99. The Morgan fingerprint density at radius 1 is 1.36 bits per heavy atom. The minimum Gasteiger partial charge on any atom is -0.373 e. The third kappa shape index (κ3) is 7.68. The van der Waals surface area contributed by atoms with Gasteiger partial charge in [0.2, 0.25) is 5.91 Å². The number of nitrogens with one attached hydrogen (secondary N) is 2. The van der Waals surface area contributed by atoms with Gasteiger partial charge in [-0.2, -0.15) is 0 Å². The van der Waals surface area contributed by atoms with Crippen LogP contribution in [0.2, 0.25) is 0 Å². The van der Waals surface area contributed by atoms with Gasteiger partial charge in [0.1, 0.15) is 0 Å². The number of carbonyl (C=O) groups excluding carboxylic acids is 1. The van der Waals surface area contributed by atoms with E-state index in [0.29, 0.717) is 25.4 Å². The molecule has 0 radical (unpaired) electrons. The Hall–Kier alpha value is -0.570. The number of guanidine groups is 1. The van der Waals surface area contributed by atoms with Crippen LogP contribution in [0.25, 0.3) is 0 Å². The molecule has 0 saturated carbocycles. The summed E-state index contributed by atoms with van der Waals surface area (Å²) in [6, 6.07) is 0. The molecule has 0 bridgehead atoms. The van der Waals surface area contributed by atoms with Crippen molar-refractivity contribution in [3.63, 3.8) is 0 Å². The van der Waals surface area contributed by atoms with Crippen molar-refractivity contribution < 1.29 is 9.53 Å². The van der Waals surface area contributed by atoms with Crippen LogP contribution in [0.15, 0.2) is 4.99 Å². The number of likely N-dealkylation sites (tertiary alicyclic amines) is 1. The number of halogens is 1. The summed E-state index contributed by atoms with van der Waals surface area (Å²) in [5.74, 6) is 1.65. The van der Waals surface area contributed by atoms with Crippen molar-refractivity contribution in [2.24, 2.45) is 10.9 Å². The Labute approximate surface area is 169 Å². The van der Waals surface area contributed by atoms with Gasteiger partial charge in [-0.05, 0) is 45.4 Å². The van der Waals surface area contributed by atoms with Gasteiger partial charge in [0.25, 0.3) is 0 Å². The number of piperidine rings is 1. The third-order valence-corrected chi connectivity index (χ3v) is 4.86. The summed E-state index contributed by atoms with van der Waals surface area (Å²) < 4.78 is 5.78. The van der Waals surface area contributed by atoms with E-state index in [1.54, 1.807) is 0 Å². The first kappa shape index (κ1) is 22.5. The van der Waals surface area contributed by atoms with E-state index in [9.17, 15) is 4.79 Å². The van der Waals surface area contributed by atoms with Gasteiger partial charge in [-0.25, -0.2) is 0 Å². The lowest BCUT2D eigenvalue weighted by Crippen LogP contribution is -2.43. The number of hydrogen-bond acceptors (Lipinski definition) is 3. The number of carbonyl (C=O) groups is 1. The summed E-state index contributed by atoms with van der Waals surface area (Å²) in [6.45, 7) is 11.1. The molecule has 0 aromatic heterocycles. The lowest BCUT2D eigenvalue weighted by Gasteiger charge is -2.31. The smallest absolute Gasteiger partial charge is 0.224 e. The molecule has 2 aliphatic heterocycles. The van der Waals surface area contributed by atoms with Crippen molar-refractivity contribution in [2.75, 3.05) is 39.3 Å². The summed E-state index contributed by atoms with van der Waals surface area (Å²) in [4.78, 5) is 18.9. The molecule has 2 saturated heterocycles. The zero-order chi connectivity index (χ0) is 17.4. The number of amides is 1. The molecule has 146 valence electrons. The molecule has 0 aliphatic carbocycles. The van der Waals surface area contributed by atoms with Crippen LogP contribution >= 0.6 is 24.0 Å². The van der Waals surface area contributed by atoms with Gasteiger partial charge in [-0.3, -0.25) is 9.79 Å². The molecular formula is C18H35IN4O2. The van der Waals surface area contributed by atoms with Gasteiger partial charge in [0, 0.05) is 39.2 Å². The van der Waals surface area contributed by atoms with E-state index in [0.717, 1.165) is 51.5 Å². The first-order chi connectivity index (χ1) is 11.5.